The number of rotatable bonds is 5. The molecule has 3 aromatic carbocycles. The SMILES string of the molecule is O=CN(c1ccccc1)c1nn(C(=O)c2ccccc2)c2c1CN(C(=O)c1ccccc1)C2. The Morgan fingerprint density at radius 1 is 0.758 bits per heavy atom. The first kappa shape index (κ1) is 20.4. The van der Waals surface area contributed by atoms with Crippen LogP contribution in [0.3, 0.4) is 0 Å². The van der Waals surface area contributed by atoms with E-state index in [2.05, 4.69) is 5.10 Å². The molecule has 2 amide bonds. The molecule has 4 aromatic rings. The van der Waals surface area contributed by atoms with Gasteiger partial charge in [0.25, 0.3) is 11.8 Å². The van der Waals surface area contributed by atoms with Crippen molar-refractivity contribution in [3.63, 3.8) is 0 Å². The summed E-state index contributed by atoms with van der Waals surface area (Å²) in [5.74, 6) is -0.112. The van der Waals surface area contributed by atoms with Crippen molar-refractivity contribution in [2.24, 2.45) is 0 Å². The summed E-state index contributed by atoms with van der Waals surface area (Å²) < 4.78 is 1.32. The first-order valence-electron chi connectivity index (χ1n) is 10.5. The van der Waals surface area contributed by atoms with E-state index in [4.69, 9.17) is 0 Å². The van der Waals surface area contributed by atoms with E-state index >= 15 is 0 Å². The third-order valence-electron chi connectivity index (χ3n) is 5.65. The van der Waals surface area contributed by atoms with Gasteiger partial charge in [-0.15, -0.1) is 5.10 Å². The predicted molar refractivity (Wildman–Crippen MR) is 123 cm³/mol. The molecule has 0 bridgehead atoms. The van der Waals surface area contributed by atoms with Gasteiger partial charge < -0.3 is 4.90 Å². The van der Waals surface area contributed by atoms with Crippen LogP contribution in [0.5, 0.6) is 0 Å². The predicted octanol–water partition coefficient (Wildman–Crippen LogP) is 4.02. The minimum atomic E-state index is -0.314. The molecule has 5 rings (SSSR count). The van der Waals surface area contributed by atoms with Crippen LogP contribution in [-0.4, -0.2) is 32.9 Å². The molecule has 33 heavy (non-hydrogen) atoms. The number of hydrogen-bond acceptors (Lipinski definition) is 4. The monoisotopic (exact) mass is 436 g/mol. The lowest BCUT2D eigenvalue weighted by Crippen LogP contribution is -2.28. The van der Waals surface area contributed by atoms with Crippen molar-refractivity contribution >= 4 is 29.7 Å². The first-order chi connectivity index (χ1) is 16.2. The summed E-state index contributed by atoms with van der Waals surface area (Å²) in [5.41, 5.74) is 2.94. The van der Waals surface area contributed by atoms with Gasteiger partial charge in [-0.2, -0.15) is 4.68 Å². The Bertz CT molecular complexity index is 1320. The Labute approximate surface area is 190 Å². The second-order valence-electron chi connectivity index (χ2n) is 7.67. The van der Waals surface area contributed by atoms with Crippen molar-refractivity contribution in [3.8, 4) is 0 Å². The average molecular weight is 436 g/mol. The van der Waals surface area contributed by atoms with Crippen molar-refractivity contribution in [2.75, 3.05) is 4.90 Å². The van der Waals surface area contributed by atoms with Crippen LogP contribution >= 0.6 is 0 Å². The van der Waals surface area contributed by atoms with Crippen molar-refractivity contribution in [1.82, 2.24) is 14.7 Å². The summed E-state index contributed by atoms with van der Waals surface area (Å²) in [6.07, 6.45) is 0.678. The number of anilines is 2. The van der Waals surface area contributed by atoms with E-state index in [-0.39, 0.29) is 24.9 Å². The molecule has 0 radical (unpaired) electrons. The number of carbonyl (C=O) groups is 3. The highest BCUT2D eigenvalue weighted by atomic mass is 16.2. The van der Waals surface area contributed by atoms with E-state index in [9.17, 15) is 14.4 Å². The summed E-state index contributed by atoms with van der Waals surface area (Å²) in [4.78, 5) is 41.6. The largest absolute Gasteiger partial charge is 0.328 e. The number of carbonyl (C=O) groups excluding carboxylic acids is 3. The number of hydrogen-bond donors (Lipinski definition) is 0. The minimum Gasteiger partial charge on any atom is -0.328 e. The molecule has 0 fully saturated rings. The zero-order valence-electron chi connectivity index (χ0n) is 17.7. The number of amides is 2. The van der Waals surface area contributed by atoms with Crippen LogP contribution in [0.15, 0.2) is 91.0 Å². The van der Waals surface area contributed by atoms with E-state index in [1.54, 1.807) is 53.4 Å². The normalized spacial score (nSPS) is 12.3. The molecule has 0 aliphatic carbocycles. The molecule has 0 N–H and O–H groups in total. The maximum Gasteiger partial charge on any atom is 0.278 e. The van der Waals surface area contributed by atoms with Crippen LogP contribution in [0.1, 0.15) is 32.0 Å². The van der Waals surface area contributed by atoms with E-state index in [1.807, 2.05) is 42.5 Å². The lowest BCUT2D eigenvalue weighted by atomic mass is 10.2. The van der Waals surface area contributed by atoms with E-state index in [0.717, 1.165) is 0 Å². The Hall–Kier alpha value is -4.52. The van der Waals surface area contributed by atoms with Gasteiger partial charge in [0.1, 0.15) is 0 Å². The number of benzene rings is 3. The highest BCUT2D eigenvalue weighted by molar-refractivity contribution is 5.98. The molecule has 2 heterocycles. The van der Waals surface area contributed by atoms with Crippen LogP contribution in [0.25, 0.3) is 0 Å². The quantitative estimate of drug-likeness (QED) is 0.443. The van der Waals surface area contributed by atoms with Gasteiger partial charge in [-0.3, -0.25) is 19.3 Å². The molecular formula is C26H20N4O3. The third-order valence-corrected chi connectivity index (χ3v) is 5.65. The summed E-state index contributed by atoms with van der Waals surface area (Å²) >= 11 is 0. The van der Waals surface area contributed by atoms with Crippen LogP contribution in [-0.2, 0) is 17.9 Å². The van der Waals surface area contributed by atoms with Gasteiger partial charge in [-0.1, -0.05) is 54.6 Å². The van der Waals surface area contributed by atoms with E-state index < -0.39 is 0 Å². The van der Waals surface area contributed by atoms with Gasteiger partial charge in [0.05, 0.1) is 24.5 Å². The zero-order chi connectivity index (χ0) is 22.8. The Kier molecular flexibility index (Phi) is 5.28. The fourth-order valence-electron chi connectivity index (χ4n) is 4.02. The van der Waals surface area contributed by atoms with Crippen LogP contribution in [0, 0.1) is 0 Å². The lowest BCUT2D eigenvalue weighted by Gasteiger charge is -2.19. The highest BCUT2D eigenvalue weighted by Crippen LogP contribution is 2.35. The van der Waals surface area contributed by atoms with E-state index in [0.29, 0.717) is 40.3 Å². The molecule has 1 aromatic heterocycles. The van der Waals surface area contributed by atoms with Crippen molar-refractivity contribution in [3.05, 3.63) is 113 Å². The van der Waals surface area contributed by atoms with Gasteiger partial charge in [0, 0.05) is 16.7 Å². The number of aromatic nitrogens is 2. The molecule has 0 unspecified atom stereocenters. The zero-order valence-corrected chi connectivity index (χ0v) is 17.7. The topological polar surface area (TPSA) is 75.5 Å². The maximum absolute atomic E-state index is 13.3. The molecule has 0 saturated carbocycles. The highest BCUT2D eigenvalue weighted by Gasteiger charge is 2.35. The molecule has 162 valence electrons. The number of fused-ring (bicyclic) bond motifs is 1. The first-order valence-corrected chi connectivity index (χ1v) is 10.5. The van der Waals surface area contributed by atoms with Gasteiger partial charge in [-0.05, 0) is 36.4 Å². The average Bonchev–Trinajstić information content (AvgIpc) is 3.46. The van der Waals surface area contributed by atoms with Crippen LogP contribution in [0.2, 0.25) is 0 Å². The maximum atomic E-state index is 13.3. The molecule has 1 aliphatic heterocycles. The van der Waals surface area contributed by atoms with Crippen molar-refractivity contribution < 1.29 is 14.4 Å². The van der Waals surface area contributed by atoms with Gasteiger partial charge in [-0.25, -0.2) is 0 Å². The second kappa shape index (κ2) is 8.55. The summed E-state index contributed by atoms with van der Waals surface area (Å²) in [5, 5.41) is 4.55. The molecule has 0 spiro atoms. The molecule has 0 atom stereocenters. The van der Waals surface area contributed by atoms with Crippen molar-refractivity contribution in [1.29, 1.82) is 0 Å². The Morgan fingerprint density at radius 3 is 1.88 bits per heavy atom. The number of para-hydroxylation sites is 1. The van der Waals surface area contributed by atoms with Gasteiger partial charge >= 0.3 is 0 Å². The smallest absolute Gasteiger partial charge is 0.278 e. The summed E-state index contributed by atoms with van der Waals surface area (Å²) in [6.45, 7) is 0.466. The second-order valence-corrected chi connectivity index (χ2v) is 7.67. The Balaban J connectivity index is 1.58. The standard InChI is InChI=1S/C26H20N4O3/c31-18-29(21-14-8-3-9-15-21)24-22-16-28(25(32)19-10-4-1-5-11-19)17-23(22)30(27-24)26(33)20-12-6-2-7-13-20/h1-15,18H,16-17H2. The minimum absolute atomic E-state index is 0.145. The third kappa shape index (κ3) is 3.70. The van der Waals surface area contributed by atoms with Crippen molar-refractivity contribution in [2.45, 2.75) is 13.1 Å². The van der Waals surface area contributed by atoms with Gasteiger partial charge in [0.15, 0.2) is 5.82 Å². The Morgan fingerprint density at radius 2 is 1.30 bits per heavy atom. The molecule has 7 heteroatoms. The number of nitrogens with zero attached hydrogens (tertiary/aromatic N) is 4. The summed E-state index contributed by atoms with van der Waals surface area (Å²) in [7, 11) is 0. The van der Waals surface area contributed by atoms with Gasteiger partial charge in [0.2, 0.25) is 6.41 Å². The molecule has 0 saturated heterocycles. The lowest BCUT2D eigenvalue weighted by molar-refractivity contribution is -0.106. The fourth-order valence-corrected chi connectivity index (χ4v) is 4.02. The molecular weight excluding hydrogens is 416 g/mol. The molecule has 7 nitrogen and oxygen atoms in total. The van der Waals surface area contributed by atoms with Crippen LogP contribution in [0.4, 0.5) is 11.5 Å². The fraction of sp³-hybridized carbons (Fsp3) is 0.0769. The van der Waals surface area contributed by atoms with E-state index in [1.165, 1.54) is 9.58 Å². The summed E-state index contributed by atoms with van der Waals surface area (Å²) in [6, 6.07) is 26.9. The molecule has 1 aliphatic rings. The van der Waals surface area contributed by atoms with Crippen LogP contribution < -0.4 is 4.90 Å².